The van der Waals surface area contributed by atoms with Crippen LogP contribution in [0.3, 0.4) is 0 Å². The summed E-state index contributed by atoms with van der Waals surface area (Å²) in [4.78, 5) is 23.1. The molecule has 1 heterocycles. The van der Waals surface area contributed by atoms with Crippen molar-refractivity contribution in [2.24, 2.45) is 0 Å². The van der Waals surface area contributed by atoms with Gasteiger partial charge in [0.25, 0.3) is 0 Å². The largest absolute Gasteiger partial charge is 0.524 e. The highest BCUT2D eigenvalue weighted by atomic mass is 16.6. The SMILES string of the molecule is C[C@@H]1CCC[N+]1(C=O)C(=O)OC(C)(C)C. The summed E-state index contributed by atoms with van der Waals surface area (Å²) >= 11 is 0. The molecule has 0 aromatic carbocycles. The fraction of sp³-hybridized carbons (Fsp3) is 0.818. The van der Waals surface area contributed by atoms with Gasteiger partial charge in [0.05, 0.1) is 6.54 Å². The fourth-order valence-corrected chi connectivity index (χ4v) is 1.92. The Morgan fingerprint density at radius 3 is 2.40 bits per heavy atom. The van der Waals surface area contributed by atoms with Crippen LogP contribution in [0.4, 0.5) is 4.79 Å². The first-order chi connectivity index (χ1) is 6.82. The second kappa shape index (κ2) is 3.93. The van der Waals surface area contributed by atoms with E-state index in [1.807, 2.05) is 27.7 Å². The van der Waals surface area contributed by atoms with Crippen molar-refractivity contribution < 1.29 is 18.8 Å². The van der Waals surface area contributed by atoms with Gasteiger partial charge in [0.1, 0.15) is 11.6 Å². The molecule has 1 unspecified atom stereocenters. The molecule has 1 aliphatic heterocycles. The number of hydrogen-bond acceptors (Lipinski definition) is 3. The van der Waals surface area contributed by atoms with Crippen molar-refractivity contribution in [3.8, 4) is 0 Å². The van der Waals surface area contributed by atoms with Gasteiger partial charge in [-0.25, -0.2) is 4.79 Å². The van der Waals surface area contributed by atoms with Crippen molar-refractivity contribution in [1.82, 2.24) is 0 Å². The van der Waals surface area contributed by atoms with E-state index in [1.165, 1.54) is 0 Å². The van der Waals surface area contributed by atoms with Crippen molar-refractivity contribution in [2.75, 3.05) is 6.54 Å². The Balaban J connectivity index is 2.83. The summed E-state index contributed by atoms with van der Waals surface area (Å²) in [5.41, 5.74) is -0.534. The van der Waals surface area contributed by atoms with Gasteiger partial charge in [-0.3, -0.25) is 0 Å². The molecule has 1 saturated heterocycles. The molecule has 4 heteroatoms. The van der Waals surface area contributed by atoms with E-state index in [0.29, 0.717) is 6.54 Å². The third-order valence-corrected chi connectivity index (χ3v) is 2.86. The van der Waals surface area contributed by atoms with Gasteiger partial charge in [0, 0.05) is 12.8 Å². The van der Waals surface area contributed by atoms with Crippen molar-refractivity contribution in [1.29, 1.82) is 0 Å². The first-order valence-corrected chi connectivity index (χ1v) is 5.39. The number of ether oxygens (including phenoxy) is 1. The maximum absolute atomic E-state index is 11.9. The van der Waals surface area contributed by atoms with Gasteiger partial charge < -0.3 is 4.74 Å². The van der Waals surface area contributed by atoms with Crippen molar-refractivity contribution in [2.45, 2.75) is 52.2 Å². The Morgan fingerprint density at radius 1 is 1.47 bits per heavy atom. The third kappa shape index (κ3) is 2.37. The van der Waals surface area contributed by atoms with E-state index in [9.17, 15) is 9.59 Å². The summed E-state index contributed by atoms with van der Waals surface area (Å²) in [6.45, 7) is 7.93. The Labute approximate surface area is 90.8 Å². The number of imide groups is 1. The Kier molecular flexibility index (Phi) is 3.19. The number of rotatable bonds is 1. The Hall–Kier alpha value is -0.900. The van der Waals surface area contributed by atoms with Crippen LogP contribution in [0.5, 0.6) is 0 Å². The average Bonchev–Trinajstić information content (AvgIpc) is 2.44. The molecule has 0 aliphatic carbocycles. The minimum absolute atomic E-state index is 0.0392. The molecule has 2 amide bonds. The van der Waals surface area contributed by atoms with Crippen LogP contribution in [-0.2, 0) is 9.53 Å². The minimum atomic E-state index is -0.534. The zero-order valence-corrected chi connectivity index (χ0v) is 9.95. The van der Waals surface area contributed by atoms with Gasteiger partial charge in [-0.05, 0) is 27.7 Å². The Morgan fingerprint density at radius 2 is 2.07 bits per heavy atom. The summed E-state index contributed by atoms with van der Waals surface area (Å²) in [5.74, 6) is 0. The lowest BCUT2D eigenvalue weighted by Gasteiger charge is -2.30. The predicted octanol–water partition coefficient (Wildman–Crippen LogP) is 2.08. The first kappa shape index (κ1) is 12.2. The minimum Gasteiger partial charge on any atom is -0.414 e. The molecule has 0 aromatic heterocycles. The van der Waals surface area contributed by atoms with Gasteiger partial charge in [-0.15, -0.1) is 0 Å². The zero-order chi connectivity index (χ0) is 11.7. The molecule has 0 bridgehead atoms. The summed E-state index contributed by atoms with van der Waals surface area (Å²) in [7, 11) is 0. The lowest BCUT2D eigenvalue weighted by Crippen LogP contribution is -2.55. The smallest absolute Gasteiger partial charge is 0.414 e. The van der Waals surface area contributed by atoms with E-state index < -0.39 is 11.7 Å². The second-order valence-corrected chi connectivity index (χ2v) is 5.23. The van der Waals surface area contributed by atoms with E-state index in [4.69, 9.17) is 4.74 Å². The van der Waals surface area contributed by atoms with Crippen LogP contribution in [0.25, 0.3) is 0 Å². The van der Waals surface area contributed by atoms with Gasteiger partial charge in [0.2, 0.25) is 0 Å². The zero-order valence-electron chi connectivity index (χ0n) is 9.95. The number of amides is 2. The van der Waals surface area contributed by atoms with Crippen molar-refractivity contribution in [3.05, 3.63) is 0 Å². The number of quaternary nitrogens is 1. The summed E-state index contributed by atoms with van der Waals surface area (Å²) in [5, 5.41) is 0. The molecule has 1 fully saturated rings. The number of carbonyl (C=O) groups excluding carboxylic acids is 2. The van der Waals surface area contributed by atoms with E-state index in [-0.39, 0.29) is 10.5 Å². The van der Waals surface area contributed by atoms with Crippen LogP contribution in [0.2, 0.25) is 0 Å². The summed E-state index contributed by atoms with van der Waals surface area (Å²) < 4.78 is 5.12. The van der Waals surface area contributed by atoms with Crippen LogP contribution < -0.4 is 0 Å². The molecule has 0 radical (unpaired) electrons. The highest BCUT2D eigenvalue weighted by Gasteiger charge is 2.49. The monoisotopic (exact) mass is 214 g/mol. The number of likely N-dealkylation sites (tertiary alicyclic amines) is 1. The molecular formula is C11H20NO3+. The van der Waals surface area contributed by atoms with Crippen LogP contribution in [0.1, 0.15) is 40.5 Å². The van der Waals surface area contributed by atoms with E-state index >= 15 is 0 Å². The number of nitrogens with zero attached hydrogens (tertiary/aromatic N) is 1. The maximum Gasteiger partial charge on any atom is 0.524 e. The van der Waals surface area contributed by atoms with Crippen LogP contribution in [0.15, 0.2) is 0 Å². The molecule has 1 aliphatic rings. The Bertz CT molecular complexity index is 269. The van der Waals surface area contributed by atoms with Gasteiger partial charge in [-0.2, -0.15) is 9.28 Å². The van der Waals surface area contributed by atoms with Gasteiger partial charge in [0.15, 0.2) is 0 Å². The quantitative estimate of drug-likeness (QED) is 0.496. The highest BCUT2D eigenvalue weighted by molar-refractivity contribution is 5.69. The van der Waals surface area contributed by atoms with E-state index in [2.05, 4.69) is 0 Å². The van der Waals surface area contributed by atoms with Crippen LogP contribution in [-0.4, -0.2) is 35.2 Å². The van der Waals surface area contributed by atoms with Crippen molar-refractivity contribution >= 4 is 12.5 Å². The molecule has 1 rings (SSSR count). The van der Waals surface area contributed by atoms with Gasteiger partial charge in [-0.1, -0.05) is 0 Å². The maximum atomic E-state index is 11.9. The number of hydrogen-bond donors (Lipinski definition) is 0. The lowest BCUT2D eigenvalue weighted by atomic mass is 10.2. The molecule has 0 spiro atoms. The third-order valence-electron chi connectivity index (χ3n) is 2.86. The lowest BCUT2D eigenvalue weighted by molar-refractivity contribution is -0.784. The topological polar surface area (TPSA) is 43.4 Å². The molecule has 15 heavy (non-hydrogen) atoms. The second-order valence-electron chi connectivity index (χ2n) is 5.23. The molecule has 86 valence electrons. The van der Waals surface area contributed by atoms with Crippen LogP contribution >= 0.6 is 0 Å². The molecular weight excluding hydrogens is 194 g/mol. The summed E-state index contributed by atoms with van der Waals surface area (Å²) in [6, 6.07) is 0.0392. The van der Waals surface area contributed by atoms with E-state index in [1.54, 1.807) is 0 Å². The molecule has 0 N–H and O–H groups in total. The normalized spacial score (nSPS) is 31.3. The average molecular weight is 214 g/mol. The molecule has 0 aromatic rings. The fourth-order valence-electron chi connectivity index (χ4n) is 1.92. The number of carbonyl (C=O) groups is 2. The predicted molar refractivity (Wildman–Crippen MR) is 56.1 cm³/mol. The molecule has 4 nitrogen and oxygen atoms in total. The van der Waals surface area contributed by atoms with Gasteiger partial charge >= 0.3 is 12.5 Å². The first-order valence-electron chi connectivity index (χ1n) is 5.39. The highest BCUT2D eigenvalue weighted by Crippen LogP contribution is 2.27. The van der Waals surface area contributed by atoms with E-state index in [0.717, 1.165) is 19.3 Å². The molecule has 0 saturated carbocycles. The van der Waals surface area contributed by atoms with Crippen LogP contribution in [0, 0.1) is 0 Å². The van der Waals surface area contributed by atoms with Crippen molar-refractivity contribution in [3.63, 3.8) is 0 Å². The summed E-state index contributed by atoms with van der Waals surface area (Å²) in [6.07, 6.45) is 2.12. The molecule has 2 atom stereocenters. The standard InChI is InChI=1S/C11H20NO3/c1-9-6-5-7-12(9,8-13)10(14)15-11(2,3)4/h8-9H,5-7H2,1-4H3/q+1/t9-,12?/m1/s1.